The minimum Gasteiger partial charge on any atom is -0.463 e. The van der Waals surface area contributed by atoms with Gasteiger partial charge in [0.1, 0.15) is 24.1 Å². The molecule has 8 nitrogen and oxygen atoms in total. The maximum Gasteiger partial charge on any atom is 0.293 e. The van der Waals surface area contributed by atoms with Crippen molar-refractivity contribution in [1.29, 1.82) is 0 Å². The molecule has 3 heterocycles. The van der Waals surface area contributed by atoms with E-state index in [-0.39, 0.29) is 24.1 Å². The second-order valence-corrected chi connectivity index (χ2v) is 6.87. The number of hydrogen-bond donors (Lipinski definition) is 1. The van der Waals surface area contributed by atoms with Gasteiger partial charge in [0.25, 0.3) is 5.56 Å². The fourth-order valence-electron chi connectivity index (χ4n) is 3.51. The van der Waals surface area contributed by atoms with E-state index in [4.69, 9.17) is 4.42 Å². The van der Waals surface area contributed by atoms with Crippen LogP contribution >= 0.6 is 0 Å². The van der Waals surface area contributed by atoms with E-state index < -0.39 is 0 Å². The summed E-state index contributed by atoms with van der Waals surface area (Å²) >= 11 is 0. The SMILES string of the molecule is C[C@H]1CCCC[C@@H]1NC(=O)Cn1ncn2nc(-c3ccco3)cc2c1=O. The smallest absolute Gasteiger partial charge is 0.293 e. The summed E-state index contributed by atoms with van der Waals surface area (Å²) in [4.78, 5) is 25.0. The molecule has 3 aromatic rings. The number of nitrogens with zero attached hydrogens (tertiary/aromatic N) is 4. The number of nitrogens with one attached hydrogen (secondary N) is 1. The molecule has 1 N–H and O–H groups in total. The maximum atomic E-state index is 12.6. The van der Waals surface area contributed by atoms with Crippen LogP contribution in [0, 0.1) is 5.92 Å². The Morgan fingerprint density at radius 3 is 3.00 bits per heavy atom. The van der Waals surface area contributed by atoms with Gasteiger partial charge < -0.3 is 9.73 Å². The molecule has 136 valence electrons. The molecule has 0 spiro atoms. The average molecular weight is 355 g/mol. The fraction of sp³-hybridized carbons (Fsp3) is 0.444. The van der Waals surface area contributed by atoms with E-state index in [2.05, 4.69) is 22.4 Å². The summed E-state index contributed by atoms with van der Waals surface area (Å²) in [6, 6.07) is 5.34. The van der Waals surface area contributed by atoms with Crippen LogP contribution in [0.2, 0.25) is 0 Å². The normalized spacial score (nSPS) is 20.3. The van der Waals surface area contributed by atoms with Crippen LogP contribution in [-0.2, 0) is 11.3 Å². The summed E-state index contributed by atoms with van der Waals surface area (Å²) in [6.45, 7) is 2.06. The van der Waals surface area contributed by atoms with Gasteiger partial charge in [-0.25, -0.2) is 9.20 Å². The zero-order valence-corrected chi connectivity index (χ0v) is 14.6. The van der Waals surface area contributed by atoms with Crippen molar-refractivity contribution in [3.8, 4) is 11.5 Å². The van der Waals surface area contributed by atoms with Crippen molar-refractivity contribution >= 4 is 11.4 Å². The molecule has 0 aromatic carbocycles. The lowest BCUT2D eigenvalue weighted by Crippen LogP contribution is -2.44. The van der Waals surface area contributed by atoms with Crippen molar-refractivity contribution in [2.75, 3.05) is 0 Å². The van der Waals surface area contributed by atoms with Crippen LogP contribution in [0.15, 0.2) is 40.0 Å². The van der Waals surface area contributed by atoms with E-state index >= 15 is 0 Å². The van der Waals surface area contributed by atoms with Crippen LogP contribution in [0.3, 0.4) is 0 Å². The maximum absolute atomic E-state index is 12.6. The van der Waals surface area contributed by atoms with E-state index in [1.807, 2.05) is 0 Å². The molecule has 1 saturated carbocycles. The molecule has 1 aliphatic rings. The van der Waals surface area contributed by atoms with Gasteiger partial charge >= 0.3 is 0 Å². The number of carbonyl (C=O) groups excluding carboxylic acids is 1. The summed E-state index contributed by atoms with van der Waals surface area (Å²) in [5.74, 6) is 0.850. The molecule has 0 bridgehead atoms. The third-order valence-electron chi connectivity index (χ3n) is 5.01. The fourth-order valence-corrected chi connectivity index (χ4v) is 3.51. The minimum atomic E-state index is -0.357. The lowest BCUT2D eigenvalue weighted by atomic mass is 9.86. The molecular weight excluding hydrogens is 334 g/mol. The van der Waals surface area contributed by atoms with Crippen molar-refractivity contribution in [2.24, 2.45) is 5.92 Å². The van der Waals surface area contributed by atoms with Crippen LogP contribution in [0.1, 0.15) is 32.6 Å². The number of rotatable bonds is 4. The van der Waals surface area contributed by atoms with Crippen molar-refractivity contribution < 1.29 is 9.21 Å². The highest BCUT2D eigenvalue weighted by molar-refractivity contribution is 5.76. The zero-order chi connectivity index (χ0) is 18.1. The second-order valence-electron chi connectivity index (χ2n) is 6.87. The largest absolute Gasteiger partial charge is 0.463 e. The van der Waals surface area contributed by atoms with Crippen molar-refractivity contribution in [3.05, 3.63) is 41.1 Å². The third kappa shape index (κ3) is 3.14. The van der Waals surface area contributed by atoms with E-state index in [1.54, 1.807) is 24.5 Å². The first-order valence-corrected chi connectivity index (χ1v) is 8.90. The average Bonchev–Trinajstić information content (AvgIpc) is 3.29. The number of carbonyl (C=O) groups is 1. The molecule has 8 heteroatoms. The van der Waals surface area contributed by atoms with Gasteiger partial charge in [0.15, 0.2) is 5.76 Å². The summed E-state index contributed by atoms with van der Waals surface area (Å²) in [7, 11) is 0. The standard InChI is InChI=1S/C18H21N5O3/c1-12-5-2-3-6-13(12)20-17(24)10-22-18(25)15-9-14(16-7-4-8-26-16)21-23(15)11-19-22/h4,7-9,11-13H,2-3,5-6,10H2,1H3,(H,20,24)/t12-,13-/m0/s1. The number of hydrogen-bond acceptors (Lipinski definition) is 5. The number of furan rings is 1. The van der Waals surface area contributed by atoms with Crippen molar-refractivity contribution in [2.45, 2.75) is 45.2 Å². The second kappa shape index (κ2) is 6.78. The Labute approximate surface area is 149 Å². The molecule has 1 fully saturated rings. The van der Waals surface area contributed by atoms with Crippen LogP contribution in [0.5, 0.6) is 0 Å². The van der Waals surface area contributed by atoms with Crippen LogP contribution in [0.25, 0.3) is 17.0 Å². The molecule has 26 heavy (non-hydrogen) atoms. The van der Waals surface area contributed by atoms with Gasteiger partial charge in [-0.2, -0.15) is 10.2 Å². The molecule has 0 aliphatic heterocycles. The van der Waals surface area contributed by atoms with Crippen LogP contribution in [0.4, 0.5) is 0 Å². The van der Waals surface area contributed by atoms with Gasteiger partial charge in [-0.3, -0.25) is 9.59 Å². The summed E-state index contributed by atoms with van der Waals surface area (Å²) in [5.41, 5.74) is 0.544. The Balaban J connectivity index is 1.54. The van der Waals surface area contributed by atoms with Gasteiger partial charge in [0, 0.05) is 12.1 Å². The molecule has 2 atom stereocenters. The highest BCUT2D eigenvalue weighted by Gasteiger charge is 2.23. The first-order chi connectivity index (χ1) is 12.6. The quantitative estimate of drug-likeness (QED) is 0.771. The molecule has 3 aromatic heterocycles. The van der Waals surface area contributed by atoms with E-state index in [0.717, 1.165) is 19.3 Å². The van der Waals surface area contributed by atoms with Gasteiger partial charge in [-0.05, 0) is 30.9 Å². The van der Waals surface area contributed by atoms with Crippen LogP contribution in [-0.4, -0.2) is 31.3 Å². The highest BCUT2D eigenvalue weighted by Crippen LogP contribution is 2.23. The lowest BCUT2D eigenvalue weighted by Gasteiger charge is -2.29. The predicted octanol–water partition coefficient (Wildman–Crippen LogP) is 1.85. The summed E-state index contributed by atoms with van der Waals surface area (Å²) in [6.07, 6.45) is 7.44. The molecule has 0 saturated heterocycles. The topological polar surface area (TPSA) is 94.4 Å². The molecule has 1 amide bonds. The Morgan fingerprint density at radius 2 is 2.23 bits per heavy atom. The van der Waals surface area contributed by atoms with Gasteiger partial charge in [0.05, 0.1) is 6.26 Å². The first-order valence-electron chi connectivity index (χ1n) is 8.90. The monoisotopic (exact) mass is 355 g/mol. The lowest BCUT2D eigenvalue weighted by molar-refractivity contribution is -0.123. The Kier molecular flexibility index (Phi) is 4.32. The summed E-state index contributed by atoms with van der Waals surface area (Å²) < 4.78 is 7.88. The zero-order valence-electron chi connectivity index (χ0n) is 14.6. The van der Waals surface area contributed by atoms with Gasteiger partial charge in [0.2, 0.25) is 5.91 Å². The minimum absolute atomic E-state index is 0.0974. The number of amides is 1. The van der Waals surface area contributed by atoms with Crippen molar-refractivity contribution in [3.63, 3.8) is 0 Å². The summed E-state index contributed by atoms with van der Waals surface area (Å²) in [5, 5.41) is 11.4. The van der Waals surface area contributed by atoms with E-state index in [9.17, 15) is 9.59 Å². The molecule has 1 aliphatic carbocycles. The van der Waals surface area contributed by atoms with Crippen molar-refractivity contribution in [1.82, 2.24) is 24.7 Å². The van der Waals surface area contributed by atoms with Crippen LogP contribution < -0.4 is 10.9 Å². The molecular formula is C18H21N5O3. The molecule has 0 unspecified atom stereocenters. The number of fused-ring (bicyclic) bond motifs is 1. The van der Waals surface area contributed by atoms with Gasteiger partial charge in [-0.15, -0.1) is 0 Å². The molecule has 4 rings (SSSR count). The number of aromatic nitrogens is 4. The Morgan fingerprint density at radius 1 is 1.38 bits per heavy atom. The predicted molar refractivity (Wildman–Crippen MR) is 94.5 cm³/mol. The molecule has 0 radical (unpaired) electrons. The Hall–Kier alpha value is -2.90. The van der Waals surface area contributed by atoms with E-state index in [1.165, 1.54) is 21.9 Å². The first kappa shape index (κ1) is 16.6. The Bertz CT molecular complexity index is 973. The third-order valence-corrected chi connectivity index (χ3v) is 5.01. The van der Waals surface area contributed by atoms with E-state index in [0.29, 0.717) is 22.9 Å². The van der Waals surface area contributed by atoms with Gasteiger partial charge in [-0.1, -0.05) is 19.8 Å². The highest BCUT2D eigenvalue weighted by atomic mass is 16.3.